The highest BCUT2D eigenvalue weighted by Crippen LogP contribution is 2.44. The second-order valence-corrected chi connectivity index (χ2v) is 5.25. The third kappa shape index (κ3) is 4.24. The van der Waals surface area contributed by atoms with Crippen molar-refractivity contribution in [2.45, 2.75) is 33.6 Å². The van der Waals surface area contributed by atoms with Crippen LogP contribution in [0, 0.1) is 11.3 Å². The number of rotatable bonds is 6. The number of carboxylic acids is 1. The first-order chi connectivity index (χ1) is 7.88. The van der Waals surface area contributed by atoms with Gasteiger partial charge < -0.3 is 15.3 Å². The third-order valence-corrected chi connectivity index (χ3v) is 3.35. The minimum absolute atomic E-state index is 0.159. The zero-order chi connectivity index (χ0) is 13.1. The molecular formula is C12H22N2O3. The number of nitrogens with zero attached hydrogens (tertiary/aromatic N) is 1. The second kappa shape index (κ2) is 5.38. The lowest BCUT2D eigenvalue weighted by Crippen LogP contribution is -2.44. The van der Waals surface area contributed by atoms with Crippen molar-refractivity contribution in [3.05, 3.63) is 0 Å². The summed E-state index contributed by atoms with van der Waals surface area (Å²) in [6, 6.07) is -0.159. The lowest BCUT2D eigenvalue weighted by atomic mass is 10.1. The molecule has 0 spiro atoms. The van der Waals surface area contributed by atoms with Crippen LogP contribution in [0.5, 0.6) is 0 Å². The molecule has 2 N–H and O–H groups in total. The van der Waals surface area contributed by atoms with Crippen LogP contribution < -0.4 is 5.32 Å². The van der Waals surface area contributed by atoms with Crippen molar-refractivity contribution in [1.82, 2.24) is 10.2 Å². The molecule has 0 aromatic carbocycles. The van der Waals surface area contributed by atoms with Crippen LogP contribution in [-0.4, -0.2) is 41.6 Å². The fourth-order valence-electron chi connectivity index (χ4n) is 1.56. The van der Waals surface area contributed by atoms with Crippen LogP contribution in [0.25, 0.3) is 0 Å². The summed E-state index contributed by atoms with van der Waals surface area (Å²) in [5.74, 6) is -1.40. The van der Waals surface area contributed by atoms with E-state index in [9.17, 15) is 9.59 Å². The van der Waals surface area contributed by atoms with E-state index >= 15 is 0 Å². The maximum Gasteiger partial charge on any atom is 0.317 e. The van der Waals surface area contributed by atoms with Gasteiger partial charge in [-0.25, -0.2) is 4.79 Å². The molecule has 2 amide bonds. The molecule has 98 valence electrons. The number of nitrogens with one attached hydrogen (secondary N) is 1. The van der Waals surface area contributed by atoms with E-state index < -0.39 is 11.9 Å². The highest BCUT2D eigenvalue weighted by atomic mass is 16.4. The van der Waals surface area contributed by atoms with E-state index in [2.05, 4.69) is 12.2 Å². The van der Waals surface area contributed by atoms with E-state index in [1.807, 2.05) is 6.92 Å². The quantitative estimate of drug-likeness (QED) is 0.742. The zero-order valence-corrected chi connectivity index (χ0v) is 10.8. The summed E-state index contributed by atoms with van der Waals surface area (Å²) in [7, 11) is 0. The molecule has 1 atom stereocenters. The monoisotopic (exact) mass is 242 g/mol. The molecule has 5 nitrogen and oxygen atoms in total. The first-order valence-electron chi connectivity index (χ1n) is 6.13. The van der Waals surface area contributed by atoms with E-state index in [0.29, 0.717) is 13.1 Å². The zero-order valence-electron chi connectivity index (χ0n) is 10.8. The predicted molar refractivity (Wildman–Crippen MR) is 64.8 cm³/mol. The predicted octanol–water partition coefficient (Wildman–Crippen LogP) is 1.54. The number of carboxylic acid groups (broad SMARTS) is 1. The number of hydrogen-bond acceptors (Lipinski definition) is 2. The largest absolute Gasteiger partial charge is 0.481 e. The SMILES string of the molecule is CCN(CC(C)C(=O)O)C(=O)NCC1(C)CC1. The van der Waals surface area contributed by atoms with Gasteiger partial charge in [-0.3, -0.25) is 4.79 Å². The van der Waals surface area contributed by atoms with Crippen molar-refractivity contribution in [2.75, 3.05) is 19.6 Å². The lowest BCUT2D eigenvalue weighted by Gasteiger charge is -2.24. The second-order valence-electron chi connectivity index (χ2n) is 5.25. The van der Waals surface area contributed by atoms with Crippen LogP contribution in [0.4, 0.5) is 4.79 Å². The van der Waals surface area contributed by atoms with Crippen molar-refractivity contribution < 1.29 is 14.7 Å². The Labute approximate surface area is 102 Å². The molecule has 0 aromatic rings. The molecule has 1 aliphatic carbocycles. The molecule has 17 heavy (non-hydrogen) atoms. The number of carbonyl (C=O) groups is 2. The summed E-state index contributed by atoms with van der Waals surface area (Å²) < 4.78 is 0. The van der Waals surface area contributed by atoms with Gasteiger partial charge in [0.05, 0.1) is 5.92 Å². The first-order valence-corrected chi connectivity index (χ1v) is 6.13. The molecule has 1 fully saturated rings. The minimum atomic E-state index is -0.870. The third-order valence-electron chi connectivity index (χ3n) is 3.35. The van der Waals surface area contributed by atoms with Crippen LogP contribution in [0.2, 0.25) is 0 Å². The van der Waals surface area contributed by atoms with Gasteiger partial charge in [0.1, 0.15) is 0 Å². The Morgan fingerprint density at radius 2 is 2.06 bits per heavy atom. The summed E-state index contributed by atoms with van der Waals surface area (Å²) in [6.07, 6.45) is 2.32. The molecular weight excluding hydrogens is 220 g/mol. The summed E-state index contributed by atoms with van der Waals surface area (Å²) in [5, 5.41) is 11.7. The minimum Gasteiger partial charge on any atom is -0.481 e. The maximum absolute atomic E-state index is 11.8. The number of hydrogen-bond donors (Lipinski definition) is 2. The average Bonchev–Trinajstić information content (AvgIpc) is 3.01. The van der Waals surface area contributed by atoms with Gasteiger partial charge in [0.2, 0.25) is 0 Å². The Balaban J connectivity index is 2.37. The smallest absolute Gasteiger partial charge is 0.317 e. The number of carbonyl (C=O) groups excluding carboxylic acids is 1. The lowest BCUT2D eigenvalue weighted by molar-refractivity contribution is -0.141. The Bertz CT molecular complexity index is 300. The molecule has 0 aromatic heterocycles. The van der Waals surface area contributed by atoms with Crippen molar-refractivity contribution in [3.8, 4) is 0 Å². The molecule has 5 heteroatoms. The molecule has 1 aliphatic rings. The number of aliphatic carboxylic acids is 1. The molecule has 1 rings (SSSR count). The summed E-state index contributed by atoms with van der Waals surface area (Å²) in [4.78, 5) is 24.1. The van der Waals surface area contributed by atoms with Crippen molar-refractivity contribution in [3.63, 3.8) is 0 Å². The molecule has 0 radical (unpaired) electrons. The first kappa shape index (κ1) is 13.8. The van der Waals surface area contributed by atoms with Crippen LogP contribution >= 0.6 is 0 Å². The Morgan fingerprint density at radius 3 is 2.47 bits per heavy atom. The Morgan fingerprint density at radius 1 is 1.47 bits per heavy atom. The van der Waals surface area contributed by atoms with Gasteiger partial charge in [0.15, 0.2) is 0 Å². The molecule has 0 heterocycles. The Hall–Kier alpha value is -1.26. The summed E-state index contributed by atoms with van der Waals surface area (Å²) in [6.45, 7) is 7.08. The normalized spacial score (nSPS) is 18.3. The molecule has 1 unspecified atom stereocenters. The fraction of sp³-hybridized carbons (Fsp3) is 0.833. The van der Waals surface area contributed by atoms with Crippen molar-refractivity contribution >= 4 is 12.0 Å². The molecule has 1 saturated carbocycles. The van der Waals surface area contributed by atoms with Crippen molar-refractivity contribution in [1.29, 1.82) is 0 Å². The van der Waals surface area contributed by atoms with Gasteiger partial charge >= 0.3 is 12.0 Å². The van der Waals surface area contributed by atoms with Gasteiger partial charge in [-0.05, 0) is 25.2 Å². The van der Waals surface area contributed by atoms with Crippen molar-refractivity contribution in [2.24, 2.45) is 11.3 Å². The van der Waals surface area contributed by atoms with E-state index in [1.165, 1.54) is 0 Å². The van der Waals surface area contributed by atoms with Crippen LogP contribution in [0.3, 0.4) is 0 Å². The van der Waals surface area contributed by atoms with Crippen LogP contribution in [0.1, 0.15) is 33.6 Å². The Kier molecular flexibility index (Phi) is 4.37. The standard InChI is InChI=1S/C12H22N2O3/c1-4-14(7-9(2)10(15)16)11(17)13-8-12(3)5-6-12/h9H,4-8H2,1-3H3,(H,13,17)(H,15,16). The van der Waals surface area contributed by atoms with E-state index in [1.54, 1.807) is 11.8 Å². The van der Waals surface area contributed by atoms with Gasteiger partial charge in [-0.1, -0.05) is 13.8 Å². The van der Waals surface area contributed by atoms with Gasteiger partial charge in [-0.15, -0.1) is 0 Å². The number of urea groups is 1. The van der Waals surface area contributed by atoms with E-state index in [0.717, 1.165) is 12.8 Å². The number of amides is 2. The van der Waals surface area contributed by atoms with E-state index in [-0.39, 0.29) is 18.0 Å². The van der Waals surface area contributed by atoms with Crippen LogP contribution in [-0.2, 0) is 4.79 Å². The molecule has 0 saturated heterocycles. The maximum atomic E-state index is 11.8. The summed E-state index contributed by atoms with van der Waals surface area (Å²) in [5.41, 5.74) is 0.271. The fourth-order valence-corrected chi connectivity index (χ4v) is 1.56. The molecule has 0 bridgehead atoms. The van der Waals surface area contributed by atoms with E-state index in [4.69, 9.17) is 5.11 Å². The van der Waals surface area contributed by atoms with Gasteiger partial charge in [0, 0.05) is 19.6 Å². The average molecular weight is 242 g/mol. The van der Waals surface area contributed by atoms with Gasteiger partial charge in [0.25, 0.3) is 0 Å². The molecule has 0 aliphatic heterocycles. The van der Waals surface area contributed by atoms with Crippen LogP contribution in [0.15, 0.2) is 0 Å². The topological polar surface area (TPSA) is 69.6 Å². The highest BCUT2D eigenvalue weighted by molar-refractivity contribution is 5.76. The van der Waals surface area contributed by atoms with Gasteiger partial charge in [-0.2, -0.15) is 0 Å². The highest BCUT2D eigenvalue weighted by Gasteiger charge is 2.37. The summed E-state index contributed by atoms with van der Waals surface area (Å²) >= 11 is 0.